The minimum absolute atomic E-state index is 0.213. The number of imide groups is 2. The van der Waals surface area contributed by atoms with E-state index in [9.17, 15) is 19.2 Å². The standard InChI is InChI=1S/C22H17ClN4O4/c1-12-8-9-15(10-18(12)23)26-20(29)17(19(28)24-22(26)31)11-16-13(2)25-27(21(16)30)14-6-4-3-5-7-14/h3-11,16H,1-2H3,(H,24,28,31). The highest BCUT2D eigenvalue weighted by Gasteiger charge is 2.40. The lowest BCUT2D eigenvalue weighted by atomic mass is 9.98. The molecule has 2 aromatic carbocycles. The van der Waals surface area contributed by atoms with Crippen LogP contribution in [0, 0.1) is 12.8 Å². The number of anilines is 2. The smallest absolute Gasteiger partial charge is 0.273 e. The van der Waals surface area contributed by atoms with Crippen LogP contribution in [0.3, 0.4) is 0 Å². The quantitative estimate of drug-likeness (QED) is 0.590. The molecule has 2 heterocycles. The number of halogens is 1. The van der Waals surface area contributed by atoms with Crippen LogP contribution in [0.5, 0.6) is 0 Å². The molecule has 8 nitrogen and oxygen atoms in total. The number of nitrogens with zero attached hydrogens (tertiary/aromatic N) is 3. The van der Waals surface area contributed by atoms with Gasteiger partial charge in [0.15, 0.2) is 0 Å². The van der Waals surface area contributed by atoms with E-state index in [-0.39, 0.29) is 11.3 Å². The van der Waals surface area contributed by atoms with Crippen molar-refractivity contribution in [3.63, 3.8) is 0 Å². The van der Waals surface area contributed by atoms with E-state index in [4.69, 9.17) is 11.6 Å². The molecule has 1 atom stereocenters. The second-order valence-electron chi connectivity index (χ2n) is 7.12. The summed E-state index contributed by atoms with van der Waals surface area (Å²) >= 11 is 6.13. The Bertz CT molecular complexity index is 1190. The molecule has 1 fully saturated rings. The zero-order chi connectivity index (χ0) is 22.3. The molecule has 0 bridgehead atoms. The lowest BCUT2D eigenvalue weighted by molar-refractivity contribution is -0.122. The Balaban J connectivity index is 1.68. The summed E-state index contributed by atoms with van der Waals surface area (Å²) in [6, 6.07) is 12.6. The number of hydrogen-bond acceptors (Lipinski definition) is 5. The van der Waals surface area contributed by atoms with Gasteiger partial charge in [0.25, 0.3) is 17.7 Å². The number of aryl methyl sites for hydroxylation is 1. The van der Waals surface area contributed by atoms with Crippen LogP contribution >= 0.6 is 11.6 Å². The van der Waals surface area contributed by atoms with Gasteiger partial charge in [-0.3, -0.25) is 19.7 Å². The minimum atomic E-state index is -0.915. The average molecular weight is 437 g/mol. The van der Waals surface area contributed by atoms with Gasteiger partial charge in [0, 0.05) is 5.02 Å². The number of barbiturate groups is 1. The number of benzene rings is 2. The highest BCUT2D eigenvalue weighted by Crippen LogP contribution is 2.29. The first kappa shape index (κ1) is 20.5. The predicted octanol–water partition coefficient (Wildman–Crippen LogP) is 3.20. The lowest BCUT2D eigenvalue weighted by Gasteiger charge is -2.27. The molecular formula is C22H17ClN4O4. The minimum Gasteiger partial charge on any atom is -0.273 e. The Labute approximate surface area is 182 Å². The number of rotatable bonds is 3. The van der Waals surface area contributed by atoms with Crippen molar-refractivity contribution in [3.8, 4) is 0 Å². The van der Waals surface area contributed by atoms with Gasteiger partial charge in [0.05, 0.1) is 23.0 Å². The summed E-state index contributed by atoms with van der Waals surface area (Å²) < 4.78 is 0. The van der Waals surface area contributed by atoms with Crippen LogP contribution in [-0.2, 0) is 14.4 Å². The van der Waals surface area contributed by atoms with E-state index in [1.165, 1.54) is 17.2 Å². The van der Waals surface area contributed by atoms with Crippen molar-refractivity contribution in [2.75, 3.05) is 9.91 Å². The molecule has 0 aromatic heterocycles. The van der Waals surface area contributed by atoms with Gasteiger partial charge in [-0.25, -0.2) is 9.69 Å². The largest absolute Gasteiger partial charge is 0.335 e. The molecule has 31 heavy (non-hydrogen) atoms. The predicted molar refractivity (Wildman–Crippen MR) is 116 cm³/mol. The third-order valence-corrected chi connectivity index (χ3v) is 5.44. The Morgan fingerprint density at radius 1 is 1.00 bits per heavy atom. The molecule has 4 rings (SSSR count). The van der Waals surface area contributed by atoms with Gasteiger partial charge < -0.3 is 0 Å². The van der Waals surface area contributed by atoms with E-state index in [2.05, 4.69) is 10.4 Å². The summed E-state index contributed by atoms with van der Waals surface area (Å²) in [5.41, 5.74) is 1.65. The topological polar surface area (TPSA) is 99.2 Å². The number of carbonyl (C=O) groups excluding carboxylic acids is 4. The van der Waals surface area contributed by atoms with Crippen LogP contribution in [0.15, 0.2) is 65.3 Å². The first-order chi connectivity index (χ1) is 14.8. The molecule has 1 unspecified atom stereocenters. The van der Waals surface area contributed by atoms with E-state index in [0.717, 1.165) is 10.5 Å². The van der Waals surface area contributed by atoms with Crippen LogP contribution in [0.1, 0.15) is 12.5 Å². The number of hydrogen-bond donors (Lipinski definition) is 1. The molecular weight excluding hydrogens is 420 g/mol. The fraction of sp³-hybridized carbons (Fsp3) is 0.136. The molecule has 2 aliphatic heterocycles. The molecule has 9 heteroatoms. The molecule has 156 valence electrons. The van der Waals surface area contributed by atoms with E-state index in [1.807, 2.05) is 6.07 Å². The number of amides is 5. The van der Waals surface area contributed by atoms with E-state index < -0.39 is 29.7 Å². The summed E-state index contributed by atoms with van der Waals surface area (Å²) in [5.74, 6) is -3.03. The molecule has 1 saturated heterocycles. The fourth-order valence-electron chi connectivity index (χ4n) is 3.32. The molecule has 0 saturated carbocycles. The van der Waals surface area contributed by atoms with Gasteiger partial charge in [-0.15, -0.1) is 0 Å². The average Bonchev–Trinajstić information content (AvgIpc) is 3.02. The maximum atomic E-state index is 13.1. The molecule has 2 aromatic rings. The van der Waals surface area contributed by atoms with Crippen molar-refractivity contribution in [1.82, 2.24) is 5.32 Å². The Kier molecular flexibility index (Phi) is 5.16. The van der Waals surface area contributed by atoms with Gasteiger partial charge in [0.2, 0.25) is 0 Å². The van der Waals surface area contributed by atoms with E-state index >= 15 is 0 Å². The normalized spacial score (nSPS) is 20.4. The molecule has 5 amide bonds. The van der Waals surface area contributed by atoms with Gasteiger partial charge in [0.1, 0.15) is 5.57 Å². The lowest BCUT2D eigenvalue weighted by Crippen LogP contribution is -2.54. The third kappa shape index (κ3) is 3.62. The van der Waals surface area contributed by atoms with Crippen molar-refractivity contribution in [2.45, 2.75) is 13.8 Å². The Morgan fingerprint density at radius 3 is 2.39 bits per heavy atom. The van der Waals surface area contributed by atoms with Crippen molar-refractivity contribution >= 4 is 52.4 Å². The van der Waals surface area contributed by atoms with Gasteiger partial charge in [-0.05, 0) is 49.8 Å². The first-order valence-electron chi connectivity index (χ1n) is 9.40. The molecule has 0 spiro atoms. The molecule has 1 N–H and O–H groups in total. The maximum Gasteiger partial charge on any atom is 0.335 e. The van der Waals surface area contributed by atoms with E-state index in [0.29, 0.717) is 16.4 Å². The molecule has 0 aliphatic carbocycles. The number of hydrazone groups is 1. The van der Waals surface area contributed by atoms with Gasteiger partial charge >= 0.3 is 6.03 Å². The van der Waals surface area contributed by atoms with Crippen molar-refractivity contribution in [1.29, 1.82) is 0 Å². The van der Waals surface area contributed by atoms with E-state index in [1.54, 1.807) is 50.2 Å². The zero-order valence-electron chi connectivity index (χ0n) is 16.6. The number of urea groups is 1. The summed E-state index contributed by atoms with van der Waals surface area (Å²) in [4.78, 5) is 51.6. The summed E-state index contributed by atoms with van der Waals surface area (Å²) in [6.07, 6.45) is 1.25. The van der Waals surface area contributed by atoms with Crippen molar-refractivity contribution in [3.05, 3.63) is 70.8 Å². The van der Waals surface area contributed by atoms with Crippen LogP contribution in [0.4, 0.5) is 16.2 Å². The maximum absolute atomic E-state index is 13.1. The number of carbonyl (C=O) groups is 4. The van der Waals surface area contributed by atoms with Crippen molar-refractivity contribution < 1.29 is 19.2 Å². The molecule has 0 radical (unpaired) electrons. The second kappa shape index (κ2) is 7.81. The van der Waals surface area contributed by atoms with Crippen LogP contribution in [-0.4, -0.2) is 29.5 Å². The van der Waals surface area contributed by atoms with Crippen LogP contribution in [0.2, 0.25) is 5.02 Å². The second-order valence-corrected chi connectivity index (χ2v) is 7.53. The third-order valence-electron chi connectivity index (χ3n) is 5.03. The highest BCUT2D eigenvalue weighted by molar-refractivity contribution is 6.38. The monoisotopic (exact) mass is 436 g/mol. The fourth-order valence-corrected chi connectivity index (χ4v) is 3.50. The summed E-state index contributed by atoms with van der Waals surface area (Å²) in [5, 5.41) is 8.00. The number of nitrogens with one attached hydrogen (secondary N) is 1. The zero-order valence-corrected chi connectivity index (χ0v) is 17.4. The first-order valence-corrected chi connectivity index (χ1v) is 9.77. The number of para-hydroxylation sites is 1. The SMILES string of the molecule is CC1=NN(c2ccccc2)C(=O)C1C=C1C(=O)NC(=O)N(c2ccc(C)c(Cl)c2)C1=O. The Hall–Kier alpha value is -3.78. The highest BCUT2D eigenvalue weighted by atomic mass is 35.5. The van der Waals surface area contributed by atoms with Gasteiger partial charge in [-0.2, -0.15) is 10.1 Å². The summed E-state index contributed by atoms with van der Waals surface area (Å²) in [7, 11) is 0. The molecule has 2 aliphatic rings. The van der Waals surface area contributed by atoms with Crippen LogP contribution in [0.25, 0.3) is 0 Å². The van der Waals surface area contributed by atoms with Crippen LogP contribution < -0.4 is 15.2 Å². The summed E-state index contributed by atoms with van der Waals surface area (Å²) in [6.45, 7) is 3.42. The Morgan fingerprint density at radius 2 is 1.71 bits per heavy atom. The van der Waals surface area contributed by atoms with Crippen molar-refractivity contribution in [2.24, 2.45) is 11.0 Å². The van der Waals surface area contributed by atoms with Gasteiger partial charge in [-0.1, -0.05) is 35.9 Å².